The van der Waals surface area contributed by atoms with Crippen molar-refractivity contribution in [1.29, 1.82) is 0 Å². The van der Waals surface area contributed by atoms with E-state index in [-0.39, 0.29) is 46.3 Å². The number of fused-ring (bicyclic) bond motifs is 2. The zero-order chi connectivity index (χ0) is 34.2. The van der Waals surface area contributed by atoms with Crippen LogP contribution in [0.3, 0.4) is 0 Å². The molecule has 250 valence electrons. The molecule has 2 heterocycles. The van der Waals surface area contributed by atoms with Gasteiger partial charge in [-0.05, 0) is 35.4 Å². The number of Topliss-reactive ketones (excluding diaryl/α,β-unsaturated/α-hetero) is 2. The molecule has 2 aliphatic rings. The number of hydrogen-bond donors (Lipinski definition) is 0. The second-order valence-electron chi connectivity index (χ2n) is 11.2. The molecule has 0 fully saturated rings. The van der Waals surface area contributed by atoms with Gasteiger partial charge in [-0.2, -0.15) is 0 Å². The van der Waals surface area contributed by atoms with Crippen LogP contribution in [0.4, 0.5) is 0 Å². The van der Waals surface area contributed by atoms with Crippen molar-refractivity contribution in [2.75, 3.05) is 49.8 Å². The minimum atomic E-state index is -1.76. The first-order valence-electron chi connectivity index (χ1n) is 15.1. The normalized spacial score (nSPS) is 19.4. The fourth-order valence-electron chi connectivity index (χ4n) is 6.33. The third-order valence-electron chi connectivity index (χ3n) is 8.79. The third kappa shape index (κ3) is 5.29. The molecule has 2 aliphatic heterocycles. The first-order valence-corrected chi connectivity index (χ1v) is 15.1. The van der Waals surface area contributed by atoms with Gasteiger partial charge in [0.2, 0.25) is 5.78 Å². The highest BCUT2D eigenvalue weighted by molar-refractivity contribution is 6.10. The van der Waals surface area contributed by atoms with Crippen LogP contribution in [0, 0.1) is 0 Å². The molecule has 48 heavy (non-hydrogen) atoms. The monoisotopic (exact) mass is 656 g/mol. The summed E-state index contributed by atoms with van der Waals surface area (Å²) in [4.78, 5) is 29.1. The second-order valence-corrected chi connectivity index (χ2v) is 11.2. The number of ketones is 2. The van der Waals surface area contributed by atoms with Crippen molar-refractivity contribution in [3.05, 3.63) is 94.5 Å². The molecule has 0 bridgehead atoms. The standard InChI is InChI=1S/C37H36O11/c1-40-22-12-8-20(9-13-22)19-37(46-7)36(39)32-27(45-6)18-26(44-5)31(35(32)48-37)34-29(21-10-14-23(41-2)15-11-21)33(38)30-25(43-4)16-24(42-3)17-28(30)47-34/h8-18,29,34H,19H2,1-7H3/t29-,34-,37+/m0/s1. The first kappa shape index (κ1) is 32.5. The number of methoxy groups -OCH3 is 7. The number of rotatable bonds is 11. The maximum Gasteiger partial charge on any atom is 0.279 e. The van der Waals surface area contributed by atoms with Crippen molar-refractivity contribution >= 4 is 11.6 Å². The van der Waals surface area contributed by atoms with Gasteiger partial charge in [0.25, 0.3) is 5.79 Å². The zero-order valence-electron chi connectivity index (χ0n) is 27.7. The maximum absolute atomic E-state index is 14.7. The fourth-order valence-corrected chi connectivity index (χ4v) is 6.33. The SMILES string of the molecule is COc1ccc(C[C@@]2(OC)Oc3c(c(OC)cc(OC)c3[C@H]3Oc4cc(OC)cc(OC)c4C(=O)[C@@H]3c3ccc(OC)cc3)C2=O)cc1. The van der Waals surface area contributed by atoms with Gasteiger partial charge >= 0.3 is 0 Å². The molecular weight excluding hydrogens is 620 g/mol. The van der Waals surface area contributed by atoms with Crippen LogP contribution in [0.25, 0.3) is 0 Å². The highest BCUT2D eigenvalue weighted by Crippen LogP contribution is 2.56. The average Bonchev–Trinajstić information content (AvgIpc) is 3.41. The number of ether oxygens (including phenoxy) is 9. The van der Waals surface area contributed by atoms with Gasteiger partial charge in [0.05, 0.1) is 54.1 Å². The molecule has 4 aromatic rings. The third-order valence-corrected chi connectivity index (χ3v) is 8.79. The van der Waals surface area contributed by atoms with E-state index in [1.54, 1.807) is 68.8 Å². The Labute approximate surface area is 278 Å². The lowest BCUT2D eigenvalue weighted by molar-refractivity contribution is -0.118. The van der Waals surface area contributed by atoms with Crippen LogP contribution < -0.4 is 37.9 Å². The van der Waals surface area contributed by atoms with Gasteiger partial charge in [-0.3, -0.25) is 9.59 Å². The Bertz CT molecular complexity index is 1850. The van der Waals surface area contributed by atoms with Crippen LogP contribution in [0.2, 0.25) is 0 Å². The number of carbonyl (C=O) groups excluding carboxylic acids is 2. The summed E-state index contributed by atoms with van der Waals surface area (Å²) < 4.78 is 52.6. The van der Waals surface area contributed by atoms with E-state index >= 15 is 0 Å². The number of hydrogen-bond acceptors (Lipinski definition) is 11. The van der Waals surface area contributed by atoms with Gasteiger partial charge in [-0.15, -0.1) is 0 Å². The molecule has 0 saturated carbocycles. The summed E-state index contributed by atoms with van der Waals surface area (Å²) in [5.74, 6) is -0.570. The Morgan fingerprint density at radius 3 is 1.79 bits per heavy atom. The molecule has 0 saturated heterocycles. The molecule has 0 amide bonds. The number of benzene rings is 4. The van der Waals surface area contributed by atoms with Gasteiger partial charge in [-0.25, -0.2) is 0 Å². The van der Waals surface area contributed by atoms with Gasteiger partial charge in [0, 0.05) is 31.7 Å². The summed E-state index contributed by atoms with van der Waals surface area (Å²) in [5, 5.41) is 0. The van der Waals surface area contributed by atoms with Crippen LogP contribution in [0.5, 0.6) is 46.0 Å². The molecule has 0 spiro atoms. The number of carbonyl (C=O) groups is 2. The lowest BCUT2D eigenvalue weighted by Crippen LogP contribution is -2.44. The Hall–Kier alpha value is -5.42. The Morgan fingerprint density at radius 1 is 0.646 bits per heavy atom. The van der Waals surface area contributed by atoms with E-state index in [0.717, 1.165) is 5.56 Å². The van der Waals surface area contributed by atoms with Gasteiger partial charge in [-0.1, -0.05) is 24.3 Å². The molecule has 3 atom stereocenters. The van der Waals surface area contributed by atoms with Gasteiger partial charge < -0.3 is 42.6 Å². The topological polar surface area (TPSA) is 117 Å². The molecule has 11 nitrogen and oxygen atoms in total. The average molecular weight is 657 g/mol. The predicted octanol–water partition coefficient (Wildman–Crippen LogP) is 6.00. The van der Waals surface area contributed by atoms with Crippen molar-refractivity contribution in [2.24, 2.45) is 0 Å². The van der Waals surface area contributed by atoms with E-state index in [9.17, 15) is 9.59 Å². The molecule has 0 aliphatic carbocycles. The molecule has 0 N–H and O–H groups in total. The summed E-state index contributed by atoms with van der Waals surface area (Å²) in [6, 6.07) is 19.2. The highest BCUT2D eigenvalue weighted by atomic mass is 16.7. The van der Waals surface area contributed by atoms with E-state index in [2.05, 4.69) is 0 Å². The van der Waals surface area contributed by atoms with Crippen molar-refractivity contribution in [2.45, 2.75) is 24.2 Å². The summed E-state index contributed by atoms with van der Waals surface area (Å²) in [6.07, 6.45) is -0.985. The predicted molar refractivity (Wildman–Crippen MR) is 174 cm³/mol. The lowest BCUT2D eigenvalue weighted by Gasteiger charge is -2.35. The van der Waals surface area contributed by atoms with Crippen molar-refractivity contribution in [3.63, 3.8) is 0 Å². The second kappa shape index (κ2) is 13.0. The zero-order valence-corrected chi connectivity index (χ0v) is 27.7. The summed E-state index contributed by atoms with van der Waals surface area (Å²) in [5.41, 5.74) is 2.11. The van der Waals surface area contributed by atoms with E-state index in [1.807, 2.05) is 12.1 Å². The highest BCUT2D eigenvalue weighted by Gasteiger charge is 2.54. The molecule has 0 radical (unpaired) electrons. The molecule has 0 aromatic heterocycles. The van der Waals surface area contributed by atoms with Crippen LogP contribution in [0.15, 0.2) is 66.7 Å². The summed E-state index contributed by atoms with van der Waals surface area (Å²) in [7, 11) is 10.5. The first-order chi connectivity index (χ1) is 23.3. The molecule has 0 unspecified atom stereocenters. The Kier molecular flexibility index (Phi) is 8.81. The van der Waals surface area contributed by atoms with Gasteiger partial charge in [0.15, 0.2) is 5.78 Å². The fraction of sp³-hybridized carbons (Fsp3) is 0.297. The van der Waals surface area contributed by atoms with Gasteiger partial charge in [0.1, 0.15) is 63.2 Å². The van der Waals surface area contributed by atoms with E-state index in [0.29, 0.717) is 34.1 Å². The van der Waals surface area contributed by atoms with Crippen LogP contribution >= 0.6 is 0 Å². The Morgan fingerprint density at radius 2 is 1.23 bits per heavy atom. The van der Waals surface area contributed by atoms with E-state index < -0.39 is 23.6 Å². The quantitative estimate of drug-likeness (QED) is 0.189. The Balaban J connectivity index is 1.57. The van der Waals surface area contributed by atoms with Crippen molar-refractivity contribution in [3.8, 4) is 46.0 Å². The summed E-state index contributed by atoms with van der Waals surface area (Å²) in [6.45, 7) is 0. The van der Waals surface area contributed by atoms with Crippen LogP contribution in [-0.4, -0.2) is 67.1 Å². The molecule has 4 aromatic carbocycles. The maximum atomic E-state index is 14.7. The minimum Gasteiger partial charge on any atom is -0.497 e. The van der Waals surface area contributed by atoms with Crippen molar-refractivity contribution in [1.82, 2.24) is 0 Å². The molecule has 11 heteroatoms. The van der Waals surface area contributed by atoms with E-state index in [1.165, 1.54) is 35.5 Å². The van der Waals surface area contributed by atoms with Crippen molar-refractivity contribution < 1.29 is 52.2 Å². The lowest BCUT2D eigenvalue weighted by atomic mass is 9.79. The summed E-state index contributed by atoms with van der Waals surface area (Å²) >= 11 is 0. The largest absolute Gasteiger partial charge is 0.497 e. The smallest absolute Gasteiger partial charge is 0.279 e. The van der Waals surface area contributed by atoms with Crippen LogP contribution in [0.1, 0.15) is 49.4 Å². The van der Waals surface area contributed by atoms with E-state index in [4.69, 9.17) is 42.6 Å². The molecule has 6 rings (SSSR count). The minimum absolute atomic E-state index is 0.0650. The van der Waals surface area contributed by atoms with Crippen LogP contribution in [-0.2, 0) is 11.2 Å². The molecular formula is C37H36O11.